The molecule has 102 valence electrons. The summed E-state index contributed by atoms with van der Waals surface area (Å²) in [7, 11) is -3.35. The van der Waals surface area contributed by atoms with E-state index in [2.05, 4.69) is 0 Å². The largest absolute Gasteiger partial charge is 0.479 e. The van der Waals surface area contributed by atoms with Gasteiger partial charge in [0.15, 0.2) is 15.9 Å². The van der Waals surface area contributed by atoms with Crippen molar-refractivity contribution in [3.63, 3.8) is 0 Å². The lowest BCUT2D eigenvalue weighted by Gasteiger charge is -2.38. The summed E-state index contributed by atoms with van der Waals surface area (Å²) in [4.78, 5) is 23.7. The van der Waals surface area contributed by atoms with E-state index >= 15 is 0 Å². The Hall–Kier alpha value is -1.15. The van der Waals surface area contributed by atoms with E-state index in [1.165, 1.54) is 0 Å². The summed E-state index contributed by atoms with van der Waals surface area (Å²) in [5.74, 6) is -1.58. The SMILES string of the molecule is O=C(O)C1CN(C2CCCCS2(=O)=O)C(=O)CO1. The molecule has 0 radical (unpaired) electrons. The number of amides is 1. The summed E-state index contributed by atoms with van der Waals surface area (Å²) >= 11 is 0. The first-order valence-electron chi connectivity index (χ1n) is 5.77. The number of rotatable bonds is 2. The van der Waals surface area contributed by atoms with Crippen molar-refractivity contribution in [3.05, 3.63) is 0 Å². The summed E-state index contributed by atoms with van der Waals surface area (Å²) in [6, 6.07) is 0. The quantitative estimate of drug-likeness (QED) is 0.710. The minimum atomic E-state index is -3.35. The zero-order chi connectivity index (χ0) is 13.3. The molecule has 1 N–H and O–H groups in total. The maximum Gasteiger partial charge on any atom is 0.334 e. The van der Waals surface area contributed by atoms with Gasteiger partial charge in [-0.15, -0.1) is 0 Å². The molecule has 2 rings (SSSR count). The van der Waals surface area contributed by atoms with Gasteiger partial charge in [-0.1, -0.05) is 0 Å². The first-order chi connectivity index (χ1) is 8.42. The summed E-state index contributed by atoms with van der Waals surface area (Å²) in [5.41, 5.74) is 0. The van der Waals surface area contributed by atoms with Crippen LogP contribution in [0.2, 0.25) is 0 Å². The van der Waals surface area contributed by atoms with Crippen LogP contribution >= 0.6 is 0 Å². The van der Waals surface area contributed by atoms with E-state index < -0.39 is 33.2 Å². The van der Waals surface area contributed by atoms with Crippen molar-refractivity contribution in [3.8, 4) is 0 Å². The third-order valence-electron chi connectivity index (χ3n) is 3.26. The number of hydrogen-bond donors (Lipinski definition) is 1. The molecule has 0 aliphatic carbocycles. The average molecular weight is 277 g/mol. The normalized spacial score (nSPS) is 32.2. The summed E-state index contributed by atoms with van der Waals surface area (Å²) in [6.45, 7) is -0.568. The van der Waals surface area contributed by atoms with E-state index in [0.717, 1.165) is 11.3 Å². The highest BCUT2D eigenvalue weighted by atomic mass is 32.2. The number of hydrogen-bond acceptors (Lipinski definition) is 5. The fraction of sp³-hybridized carbons (Fsp3) is 0.800. The first kappa shape index (κ1) is 13.3. The molecule has 0 aromatic rings. The first-order valence-corrected chi connectivity index (χ1v) is 7.49. The second-order valence-corrected chi connectivity index (χ2v) is 6.78. The molecule has 7 nitrogen and oxygen atoms in total. The topological polar surface area (TPSA) is 101 Å². The Morgan fingerprint density at radius 2 is 2.11 bits per heavy atom. The molecular weight excluding hydrogens is 262 g/mol. The number of carboxylic acids is 1. The Kier molecular flexibility index (Phi) is 3.58. The van der Waals surface area contributed by atoms with Gasteiger partial charge in [0.1, 0.15) is 12.0 Å². The highest BCUT2D eigenvalue weighted by Crippen LogP contribution is 2.25. The predicted molar refractivity (Wildman–Crippen MR) is 60.5 cm³/mol. The maximum absolute atomic E-state index is 11.9. The van der Waals surface area contributed by atoms with E-state index in [9.17, 15) is 18.0 Å². The van der Waals surface area contributed by atoms with Gasteiger partial charge in [-0.3, -0.25) is 4.79 Å². The Labute approximate surface area is 105 Å². The van der Waals surface area contributed by atoms with E-state index in [1.807, 2.05) is 0 Å². The van der Waals surface area contributed by atoms with Crippen LogP contribution in [-0.2, 0) is 24.2 Å². The second kappa shape index (κ2) is 4.85. The van der Waals surface area contributed by atoms with Gasteiger partial charge >= 0.3 is 5.97 Å². The van der Waals surface area contributed by atoms with Gasteiger partial charge in [-0.25, -0.2) is 13.2 Å². The minimum absolute atomic E-state index is 0.0556. The van der Waals surface area contributed by atoms with Crippen molar-refractivity contribution < 1.29 is 27.9 Å². The number of ether oxygens (including phenoxy) is 1. The van der Waals surface area contributed by atoms with Gasteiger partial charge in [-0.2, -0.15) is 0 Å². The van der Waals surface area contributed by atoms with E-state index in [-0.39, 0.29) is 18.9 Å². The molecule has 2 aliphatic rings. The number of carbonyl (C=O) groups excluding carboxylic acids is 1. The zero-order valence-electron chi connectivity index (χ0n) is 9.74. The van der Waals surface area contributed by atoms with Gasteiger partial charge < -0.3 is 14.7 Å². The van der Waals surface area contributed by atoms with Crippen LogP contribution in [0.25, 0.3) is 0 Å². The predicted octanol–water partition coefficient (Wildman–Crippen LogP) is -0.777. The second-order valence-electron chi connectivity index (χ2n) is 4.50. The minimum Gasteiger partial charge on any atom is -0.479 e. The molecule has 8 heteroatoms. The molecule has 1 amide bonds. The molecule has 2 saturated heterocycles. The zero-order valence-corrected chi connectivity index (χ0v) is 10.6. The van der Waals surface area contributed by atoms with Gasteiger partial charge in [0.2, 0.25) is 5.91 Å². The van der Waals surface area contributed by atoms with Crippen LogP contribution < -0.4 is 0 Å². The van der Waals surface area contributed by atoms with Gasteiger partial charge in [0, 0.05) is 0 Å². The van der Waals surface area contributed by atoms with Crippen LogP contribution in [0.3, 0.4) is 0 Å². The summed E-state index contributed by atoms with van der Waals surface area (Å²) in [6.07, 6.45) is 0.562. The summed E-state index contributed by atoms with van der Waals surface area (Å²) < 4.78 is 28.7. The Balaban J connectivity index is 2.19. The van der Waals surface area contributed by atoms with Crippen molar-refractivity contribution in [1.29, 1.82) is 0 Å². The third kappa shape index (κ3) is 2.49. The number of carbonyl (C=O) groups is 2. The standard InChI is InChI=1S/C10H15NO6S/c12-8-6-17-7(10(13)14)5-11(8)9-3-1-2-4-18(9,15)16/h7,9H,1-6H2,(H,13,14). The number of morpholine rings is 1. The Morgan fingerprint density at radius 3 is 2.72 bits per heavy atom. The molecule has 2 unspecified atom stereocenters. The van der Waals surface area contributed by atoms with E-state index in [0.29, 0.717) is 12.8 Å². The van der Waals surface area contributed by atoms with Crippen molar-refractivity contribution in [2.45, 2.75) is 30.7 Å². The average Bonchev–Trinajstić information content (AvgIpc) is 2.29. The van der Waals surface area contributed by atoms with Gasteiger partial charge in [-0.05, 0) is 19.3 Å². The van der Waals surface area contributed by atoms with Crippen molar-refractivity contribution in [2.75, 3.05) is 18.9 Å². The van der Waals surface area contributed by atoms with Crippen molar-refractivity contribution in [1.82, 2.24) is 4.90 Å². The molecule has 2 atom stereocenters. The fourth-order valence-corrected chi connectivity index (χ4v) is 4.30. The molecule has 0 aromatic heterocycles. The van der Waals surface area contributed by atoms with Crippen molar-refractivity contribution in [2.24, 2.45) is 0 Å². The summed E-state index contributed by atoms with van der Waals surface area (Å²) in [5, 5.41) is 7.97. The molecule has 2 fully saturated rings. The van der Waals surface area contributed by atoms with E-state index in [1.54, 1.807) is 0 Å². The molecule has 2 aliphatic heterocycles. The van der Waals surface area contributed by atoms with Crippen LogP contribution in [0.5, 0.6) is 0 Å². The van der Waals surface area contributed by atoms with Crippen LogP contribution in [0, 0.1) is 0 Å². The van der Waals surface area contributed by atoms with E-state index in [4.69, 9.17) is 9.84 Å². The highest BCUT2D eigenvalue weighted by molar-refractivity contribution is 7.92. The Bertz CT molecular complexity index is 459. The molecule has 0 bridgehead atoms. The maximum atomic E-state index is 11.9. The van der Waals surface area contributed by atoms with Crippen LogP contribution in [0.15, 0.2) is 0 Å². The smallest absolute Gasteiger partial charge is 0.334 e. The lowest BCUT2D eigenvalue weighted by atomic mass is 10.2. The lowest BCUT2D eigenvalue weighted by Crippen LogP contribution is -2.56. The van der Waals surface area contributed by atoms with Gasteiger partial charge in [0.25, 0.3) is 0 Å². The molecule has 18 heavy (non-hydrogen) atoms. The molecule has 2 heterocycles. The lowest BCUT2D eigenvalue weighted by molar-refractivity contribution is -0.165. The Morgan fingerprint density at radius 1 is 1.39 bits per heavy atom. The van der Waals surface area contributed by atoms with Crippen molar-refractivity contribution >= 4 is 21.7 Å². The van der Waals surface area contributed by atoms with Crippen LogP contribution in [-0.4, -0.2) is 60.7 Å². The number of sulfone groups is 1. The number of carboxylic acid groups (broad SMARTS) is 1. The molecule has 0 saturated carbocycles. The van der Waals surface area contributed by atoms with Gasteiger partial charge in [0.05, 0.1) is 12.3 Å². The fourth-order valence-electron chi connectivity index (χ4n) is 2.30. The third-order valence-corrected chi connectivity index (χ3v) is 5.44. The van der Waals surface area contributed by atoms with Crippen LogP contribution in [0.4, 0.5) is 0 Å². The number of nitrogens with zero attached hydrogens (tertiary/aromatic N) is 1. The van der Waals surface area contributed by atoms with Crippen LogP contribution in [0.1, 0.15) is 19.3 Å². The molecule has 0 spiro atoms. The monoisotopic (exact) mass is 277 g/mol. The molecule has 0 aromatic carbocycles. The number of aliphatic carboxylic acids is 1. The molecular formula is C10H15NO6S. The highest BCUT2D eigenvalue weighted by Gasteiger charge is 2.41.